The summed E-state index contributed by atoms with van der Waals surface area (Å²) in [4.78, 5) is 1.20. The second-order valence-corrected chi connectivity index (χ2v) is 4.26. The van der Waals surface area contributed by atoms with Crippen LogP contribution in [0, 0.1) is 0 Å². The van der Waals surface area contributed by atoms with Gasteiger partial charge in [0.15, 0.2) is 0 Å². The number of rotatable bonds is 3. The largest absolute Gasteiger partial charge is 0.130 e. The van der Waals surface area contributed by atoms with Crippen molar-refractivity contribution in [3.8, 4) is 0 Å². The Kier molecular flexibility index (Phi) is 3.89. The molecule has 0 saturated heterocycles. The number of hydrogen-bond donors (Lipinski definition) is 0. The molecule has 0 aromatic heterocycles. The summed E-state index contributed by atoms with van der Waals surface area (Å²) in [6.07, 6.45) is 3.98. The average molecular weight is 213 g/mol. The third-order valence-corrected chi connectivity index (χ3v) is 2.93. The van der Waals surface area contributed by atoms with Gasteiger partial charge in [-0.3, -0.25) is 0 Å². The molecule has 0 radical (unpaired) electrons. The van der Waals surface area contributed by atoms with Crippen molar-refractivity contribution in [2.24, 2.45) is 0 Å². The Labute approximate surface area is 89.0 Å². The predicted molar refractivity (Wildman–Crippen MR) is 61.8 cm³/mol. The molecule has 0 saturated carbocycles. The second kappa shape index (κ2) is 4.73. The van der Waals surface area contributed by atoms with Gasteiger partial charge in [-0.2, -0.15) is 0 Å². The minimum absolute atomic E-state index is 0.365. The van der Waals surface area contributed by atoms with E-state index in [9.17, 15) is 0 Å². The molecular weight excluding hydrogens is 200 g/mol. The number of benzene rings is 1. The van der Waals surface area contributed by atoms with Crippen molar-refractivity contribution in [2.75, 3.05) is 6.26 Å². The standard InChI is InChI=1S/C11H13ClS/c1-4-8(2)9-5-10(12)7-11(6-9)13-3/h4-8H,1H2,2-3H3. The van der Waals surface area contributed by atoms with Crippen LogP contribution in [0.3, 0.4) is 0 Å². The van der Waals surface area contributed by atoms with Crippen LogP contribution >= 0.6 is 23.4 Å². The van der Waals surface area contributed by atoms with Gasteiger partial charge >= 0.3 is 0 Å². The topological polar surface area (TPSA) is 0 Å². The minimum Gasteiger partial charge on any atom is -0.130 e. The molecule has 0 aliphatic rings. The van der Waals surface area contributed by atoms with Gasteiger partial charge in [-0.05, 0) is 35.9 Å². The lowest BCUT2D eigenvalue weighted by atomic mass is 10.0. The van der Waals surface area contributed by atoms with Gasteiger partial charge in [0.2, 0.25) is 0 Å². The Bertz CT molecular complexity index is 307. The number of hydrogen-bond acceptors (Lipinski definition) is 1. The molecule has 70 valence electrons. The van der Waals surface area contributed by atoms with E-state index in [4.69, 9.17) is 11.6 Å². The van der Waals surface area contributed by atoms with E-state index in [0.29, 0.717) is 5.92 Å². The summed E-state index contributed by atoms with van der Waals surface area (Å²) in [6.45, 7) is 5.89. The van der Waals surface area contributed by atoms with Gasteiger partial charge in [0, 0.05) is 9.92 Å². The van der Waals surface area contributed by atoms with Gasteiger partial charge in [0.05, 0.1) is 0 Å². The maximum absolute atomic E-state index is 5.98. The molecule has 0 heterocycles. The van der Waals surface area contributed by atoms with Crippen LogP contribution in [0.4, 0.5) is 0 Å². The predicted octanol–water partition coefficient (Wildman–Crippen LogP) is 4.35. The molecular formula is C11H13ClS. The molecule has 13 heavy (non-hydrogen) atoms. The fraction of sp³-hybridized carbons (Fsp3) is 0.273. The lowest BCUT2D eigenvalue weighted by molar-refractivity contribution is 0.964. The third-order valence-electron chi connectivity index (χ3n) is 2.01. The molecule has 0 nitrogen and oxygen atoms in total. The molecule has 1 aromatic rings. The first-order chi connectivity index (χ1) is 6.17. The lowest BCUT2D eigenvalue weighted by Crippen LogP contribution is -1.88. The molecule has 0 bridgehead atoms. The van der Waals surface area contributed by atoms with E-state index in [1.807, 2.05) is 24.5 Å². The molecule has 0 N–H and O–H groups in total. The van der Waals surface area contributed by atoms with Crippen LogP contribution in [-0.2, 0) is 0 Å². The molecule has 0 fully saturated rings. The Hall–Kier alpha value is -0.400. The fourth-order valence-corrected chi connectivity index (χ4v) is 1.91. The van der Waals surface area contributed by atoms with Crippen LogP contribution in [0.25, 0.3) is 0 Å². The van der Waals surface area contributed by atoms with Crippen molar-refractivity contribution in [3.63, 3.8) is 0 Å². The summed E-state index contributed by atoms with van der Waals surface area (Å²) in [5.41, 5.74) is 1.23. The zero-order chi connectivity index (χ0) is 9.84. The zero-order valence-corrected chi connectivity index (χ0v) is 9.45. The number of allylic oxidation sites excluding steroid dienone is 1. The van der Waals surface area contributed by atoms with Gasteiger partial charge in [0.1, 0.15) is 0 Å². The Morgan fingerprint density at radius 2 is 2.15 bits per heavy atom. The van der Waals surface area contributed by atoms with Crippen molar-refractivity contribution < 1.29 is 0 Å². The molecule has 0 aliphatic carbocycles. The van der Waals surface area contributed by atoms with Crippen LogP contribution in [0.2, 0.25) is 5.02 Å². The average Bonchev–Trinajstić information content (AvgIpc) is 2.15. The van der Waals surface area contributed by atoms with Crippen LogP contribution in [0.1, 0.15) is 18.4 Å². The second-order valence-electron chi connectivity index (χ2n) is 2.95. The minimum atomic E-state index is 0.365. The smallest absolute Gasteiger partial charge is 0.0420 e. The van der Waals surface area contributed by atoms with E-state index in [-0.39, 0.29) is 0 Å². The summed E-state index contributed by atoms with van der Waals surface area (Å²) in [6, 6.07) is 6.13. The normalized spacial score (nSPS) is 12.5. The highest BCUT2D eigenvalue weighted by Crippen LogP contribution is 2.26. The molecule has 0 aliphatic heterocycles. The summed E-state index contributed by atoms with van der Waals surface area (Å²) < 4.78 is 0. The highest BCUT2D eigenvalue weighted by molar-refractivity contribution is 7.98. The summed E-state index contributed by atoms with van der Waals surface area (Å²) in [7, 11) is 0. The van der Waals surface area contributed by atoms with Gasteiger partial charge in [-0.1, -0.05) is 24.6 Å². The maximum atomic E-state index is 5.98. The monoisotopic (exact) mass is 212 g/mol. The van der Waals surface area contributed by atoms with E-state index in [2.05, 4.69) is 19.6 Å². The van der Waals surface area contributed by atoms with E-state index in [1.165, 1.54) is 10.5 Å². The molecule has 0 spiro atoms. The fourth-order valence-electron chi connectivity index (χ4n) is 1.10. The Morgan fingerprint density at radius 3 is 2.69 bits per heavy atom. The van der Waals surface area contributed by atoms with Crippen molar-refractivity contribution >= 4 is 23.4 Å². The molecule has 1 unspecified atom stereocenters. The number of halogens is 1. The van der Waals surface area contributed by atoms with Crippen LogP contribution in [-0.4, -0.2) is 6.26 Å². The first-order valence-electron chi connectivity index (χ1n) is 4.14. The van der Waals surface area contributed by atoms with Gasteiger partial charge in [-0.15, -0.1) is 18.3 Å². The molecule has 1 rings (SSSR count). The van der Waals surface area contributed by atoms with E-state index in [1.54, 1.807) is 11.8 Å². The van der Waals surface area contributed by atoms with E-state index < -0.39 is 0 Å². The Balaban J connectivity index is 3.07. The van der Waals surface area contributed by atoms with Crippen LogP contribution in [0.5, 0.6) is 0 Å². The van der Waals surface area contributed by atoms with Crippen molar-refractivity contribution in [1.82, 2.24) is 0 Å². The summed E-state index contributed by atoms with van der Waals surface area (Å²) in [5, 5.41) is 0.801. The first-order valence-corrected chi connectivity index (χ1v) is 5.74. The zero-order valence-electron chi connectivity index (χ0n) is 7.88. The van der Waals surface area contributed by atoms with Crippen LogP contribution < -0.4 is 0 Å². The summed E-state index contributed by atoms with van der Waals surface area (Å²) in [5.74, 6) is 0.365. The molecule has 2 heteroatoms. The van der Waals surface area contributed by atoms with Crippen molar-refractivity contribution in [2.45, 2.75) is 17.7 Å². The number of thioether (sulfide) groups is 1. The molecule has 1 atom stereocenters. The van der Waals surface area contributed by atoms with Gasteiger partial charge in [0.25, 0.3) is 0 Å². The summed E-state index contributed by atoms with van der Waals surface area (Å²) >= 11 is 7.69. The van der Waals surface area contributed by atoms with Crippen LogP contribution in [0.15, 0.2) is 35.7 Å². The van der Waals surface area contributed by atoms with Gasteiger partial charge < -0.3 is 0 Å². The highest BCUT2D eigenvalue weighted by atomic mass is 35.5. The molecule has 1 aromatic carbocycles. The van der Waals surface area contributed by atoms with Crippen molar-refractivity contribution in [3.05, 3.63) is 41.4 Å². The first kappa shape index (κ1) is 10.7. The Morgan fingerprint density at radius 1 is 1.46 bits per heavy atom. The highest BCUT2D eigenvalue weighted by Gasteiger charge is 2.03. The van der Waals surface area contributed by atoms with Gasteiger partial charge in [-0.25, -0.2) is 0 Å². The van der Waals surface area contributed by atoms with Crippen molar-refractivity contribution in [1.29, 1.82) is 0 Å². The lowest BCUT2D eigenvalue weighted by Gasteiger charge is -2.08. The van der Waals surface area contributed by atoms with E-state index >= 15 is 0 Å². The SMILES string of the molecule is C=CC(C)c1cc(Cl)cc(SC)c1. The molecule has 0 amide bonds. The quantitative estimate of drug-likeness (QED) is 0.530. The third kappa shape index (κ3) is 2.78. The maximum Gasteiger partial charge on any atom is 0.0420 e. The van der Waals surface area contributed by atoms with E-state index in [0.717, 1.165) is 5.02 Å².